The molecule has 0 saturated carbocycles. The predicted octanol–water partition coefficient (Wildman–Crippen LogP) is 2.03. The van der Waals surface area contributed by atoms with E-state index in [1.165, 1.54) is 0 Å². The van der Waals surface area contributed by atoms with Crippen LogP contribution in [0.2, 0.25) is 0 Å². The third-order valence-corrected chi connectivity index (χ3v) is 1.43. The lowest BCUT2D eigenvalue weighted by Crippen LogP contribution is -2.01. The minimum atomic E-state index is 0.371. The second-order valence-corrected chi connectivity index (χ2v) is 2.94. The maximum absolute atomic E-state index is 4.24. The zero-order chi connectivity index (χ0) is 7.28. The molecule has 2 heteroatoms. The molecule has 0 aliphatic heterocycles. The van der Waals surface area contributed by atoms with Crippen LogP contribution in [-0.2, 0) is 0 Å². The first kappa shape index (κ1) is 9.02. The molecule has 54 valence electrons. The summed E-state index contributed by atoms with van der Waals surface area (Å²) in [6.07, 6.45) is 1.97. The van der Waals surface area contributed by atoms with Gasteiger partial charge >= 0.3 is 0 Å². The fraction of sp³-hybridized carbons (Fsp3) is 0.857. The van der Waals surface area contributed by atoms with Crippen molar-refractivity contribution in [3.8, 4) is 0 Å². The highest BCUT2D eigenvalue weighted by atomic mass is 32.1. The Kier molecular flexibility index (Phi) is 4.87. The van der Waals surface area contributed by atoms with Crippen LogP contribution >= 0.6 is 12.6 Å². The van der Waals surface area contributed by atoms with E-state index in [2.05, 4.69) is 38.4 Å². The van der Waals surface area contributed by atoms with Gasteiger partial charge in [-0.15, -0.1) is 0 Å². The van der Waals surface area contributed by atoms with Crippen molar-refractivity contribution < 1.29 is 0 Å². The minimum absolute atomic E-state index is 0.371. The fourth-order valence-electron chi connectivity index (χ4n) is 0.366. The Morgan fingerprint density at radius 2 is 2.00 bits per heavy atom. The Bertz CT molecular complexity index is 88.9. The molecule has 0 saturated heterocycles. The molecule has 0 aromatic heterocycles. The number of hydrogen-bond donors (Lipinski definition) is 1. The monoisotopic (exact) mass is 145 g/mol. The summed E-state index contributed by atoms with van der Waals surface area (Å²) in [6, 6.07) is 0.371. The van der Waals surface area contributed by atoms with Gasteiger partial charge in [0.15, 0.2) is 0 Å². The normalized spacial score (nSPS) is 15.2. The molecular weight excluding hydrogens is 130 g/mol. The van der Waals surface area contributed by atoms with Gasteiger partial charge in [0.05, 0.1) is 6.04 Å². The highest BCUT2D eigenvalue weighted by Crippen LogP contribution is 1.93. The third-order valence-electron chi connectivity index (χ3n) is 0.903. The number of nitrogens with zero attached hydrogens (tertiary/aromatic N) is 1. The Hall–Kier alpha value is 0.0200. The highest BCUT2D eigenvalue weighted by molar-refractivity contribution is 7.80. The van der Waals surface area contributed by atoms with Crippen LogP contribution in [0.25, 0.3) is 0 Å². The number of thiol groups is 1. The second-order valence-electron chi connectivity index (χ2n) is 2.57. The first-order chi connectivity index (χ1) is 4.16. The first-order valence-electron chi connectivity index (χ1n) is 3.31. The van der Waals surface area contributed by atoms with Crippen molar-refractivity contribution in [3.05, 3.63) is 0 Å². The van der Waals surface area contributed by atoms with E-state index in [-0.39, 0.29) is 0 Å². The van der Waals surface area contributed by atoms with E-state index in [0.29, 0.717) is 12.0 Å². The van der Waals surface area contributed by atoms with Crippen molar-refractivity contribution in [2.45, 2.75) is 26.8 Å². The zero-order valence-electron chi connectivity index (χ0n) is 6.33. The van der Waals surface area contributed by atoms with Crippen molar-refractivity contribution in [2.24, 2.45) is 10.9 Å². The smallest absolute Gasteiger partial charge is 0.0555 e. The Morgan fingerprint density at radius 3 is 2.33 bits per heavy atom. The van der Waals surface area contributed by atoms with Crippen LogP contribution in [0.5, 0.6) is 0 Å². The van der Waals surface area contributed by atoms with E-state index in [4.69, 9.17) is 0 Å². The molecular formula is C7H15NS. The standard InChI is InChI=1S/C7H15NS/c1-6(2)4-8-7(3)5-9/h4,6-7,9H,5H2,1-3H3/b8-4+. The third kappa shape index (κ3) is 5.90. The Morgan fingerprint density at radius 1 is 1.44 bits per heavy atom. The predicted molar refractivity (Wildman–Crippen MR) is 46.6 cm³/mol. The molecule has 0 bridgehead atoms. The summed E-state index contributed by atoms with van der Waals surface area (Å²) in [6.45, 7) is 6.30. The molecule has 0 heterocycles. The second kappa shape index (κ2) is 4.86. The van der Waals surface area contributed by atoms with Gasteiger partial charge in [-0.2, -0.15) is 12.6 Å². The molecule has 0 amide bonds. The lowest BCUT2D eigenvalue weighted by molar-refractivity contribution is 0.823. The van der Waals surface area contributed by atoms with Crippen LogP contribution in [0.15, 0.2) is 4.99 Å². The topological polar surface area (TPSA) is 12.4 Å². The van der Waals surface area contributed by atoms with E-state index >= 15 is 0 Å². The van der Waals surface area contributed by atoms with Gasteiger partial charge < -0.3 is 0 Å². The van der Waals surface area contributed by atoms with Gasteiger partial charge in [0.1, 0.15) is 0 Å². The van der Waals surface area contributed by atoms with E-state index in [0.717, 1.165) is 5.75 Å². The van der Waals surface area contributed by atoms with Crippen molar-refractivity contribution in [1.29, 1.82) is 0 Å². The number of aliphatic imine (C=N–C) groups is 1. The molecule has 1 atom stereocenters. The molecule has 0 rings (SSSR count). The average Bonchev–Trinajstić information content (AvgIpc) is 1.83. The van der Waals surface area contributed by atoms with Gasteiger partial charge in [0, 0.05) is 12.0 Å². The molecule has 0 aromatic rings. The molecule has 1 nitrogen and oxygen atoms in total. The lowest BCUT2D eigenvalue weighted by atomic mass is 10.2. The van der Waals surface area contributed by atoms with Crippen molar-refractivity contribution in [3.63, 3.8) is 0 Å². The van der Waals surface area contributed by atoms with Crippen LogP contribution in [-0.4, -0.2) is 18.0 Å². The maximum Gasteiger partial charge on any atom is 0.0555 e. The molecule has 1 unspecified atom stereocenters. The Labute approximate surface area is 63.0 Å². The molecule has 0 N–H and O–H groups in total. The maximum atomic E-state index is 4.24. The molecule has 9 heavy (non-hydrogen) atoms. The first-order valence-corrected chi connectivity index (χ1v) is 3.94. The molecule has 0 radical (unpaired) electrons. The molecule has 0 aliphatic carbocycles. The van der Waals surface area contributed by atoms with E-state index in [1.54, 1.807) is 0 Å². The van der Waals surface area contributed by atoms with Gasteiger partial charge in [-0.1, -0.05) is 13.8 Å². The van der Waals surface area contributed by atoms with E-state index in [9.17, 15) is 0 Å². The molecule has 0 spiro atoms. The zero-order valence-corrected chi connectivity index (χ0v) is 7.23. The molecule has 0 fully saturated rings. The number of rotatable bonds is 3. The summed E-state index contributed by atoms with van der Waals surface area (Å²) in [5, 5.41) is 0. The van der Waals surface area contributed by atoms with Gasteiger partial charge in [-0.25, -0.2) is 0 Å². The van der Waals surface area contributed by atoms with E-state index in [1.807, 2.05) is 6.21 Å². The Balaban J connectivity index is 3.43. The summed E-state index contributed by atoms with van der Waals surface area (Å²) in [5.74, 6) is 1.40. The fourth-order valence-corrected chi connectivity index (χ4v) is 0.460. The molecule has 0 aromatic carbocycles. The van der Waals surface area contributed by atoms with Crippen LogP contribution in [0, 0.1) is 5.92 Å². The largest absolute Gasteiger partial charge is 0.293 e. The average molecular weight is 145 g/mol. The summed E-state index contributed by atoms with van der Waals surface area (Å²) < 4.78 is 0. The van der Waals surface area contributed by atoms with Gasteiger partial charge in [-0.05, 0) is 12.8 Å². The summed E-state index contributed by atoms with van der Waals surface area (Å²) >= 11 is 4.10. The van der Waals surface area contributed by atoms with Crippen molar-refractivity contribution >= 4 is 18.8 Å². The molecule has 0 aliphatic rings. The SMILES string of the molecule is CC(C)/C=N/C(C)CS. The van der Waals surface area contributed by atoms with Crippen molar-refractivity contribution in [2.75, 3.05) is 5.75 Å². The van der Waals surface area contributed by atoms with Crippen LogP contribution in [0.3, 0.4) is 0 Å². The lowest BCUT2D eigenvalue weighted by Gasteiger charge is -1.99. The van der Waals surface area contributed by atoms with Gasteiger partial charge in [0.2, 0.25) is 0 Å². The van der Waals surface area contributed by atoms with Crippen molar-refractivity contribution in [1.82, 2.24) is 0 Å². The summed E-state index contributed by atoms with van der Waals surface area (Å²) in [4.78, 5) is 4.24. The van der Waals surface area contributed by atoms with E-state index < -0.39 is 0 Å². The van der Waals surface area contributed by atoms with Crippen LogP contribution in [0.4, 0.5) is 0 Å². The summed E-state index contributed by atoms with van der Waals surface area (Å²) in [7, 11) is 0. The van der Waals surface area contributed by atoms with Gasteiger partial charge in [-0.3, -0.25) is 4.99 Å². The highest BCUT2D eigenvalue weighted by Gasteiger charge is 1.91. The number of hydrogen-bond acceptors (Lipinski definition) is 2. The quantitative estimate of drug-likeness (QED) is 0.461. The summed E-state index contributed by atoms with van der Waals surface area (Å²) in [5.41, 5.74) is 0. The van der Waals surface area contributed by atoms with Crippen LogP contribution in [0.1, 0.15) is 20.8 Å². The van der Waals surface area contributed by atoms with Crippen LogP contribution < -0.4 is 0 Å². The van der Waals surface area contributed by atoms with Gasteiger partial charge in [0.25, 0.3) is 0 Å². The minimum Gasteiger partial charge on any atom is -0.293 e.